The van der Waals surface area contributed by atoms with Gasteiger partial charge in [0, 0.05) is 26.2 Å². The maximum atomic E-state index is 11.1. The lowest BCUT2D eigenvalue weighted by atomic mass is 9.90. The number of fused-ring (bicyclic) bond motifs is 1. The van der Waals surface area contributed by atoms with E-state index in [0.29, 0.717) is 12.8 Å². The van der Waals surface area contributed by atoms with Crippen molar-refractivity contribution >= 4 is 5.97 Å². The van der Waals surface area contributed by atoms with E-state index >= 15 is 0 Å². The third-order valence-electron chi connectivity index (χ3n) is 3.86. The Morgan fingerprint density at radius 3 is 2.89 bits per heavy atom. The van der Waals surface area contributed by atoms with Crippen LogP contribution in [0, 0.1) is 5.92 Å². The van der Waals surface area contributed by atoms with Crippen molar-refractivity contribution in [2.45, 2.75) is 19.3 Å². The molecule has 0 amide bonds. The number of carbonyl (C=O) groups is 1. The zero-order valence-corrected chi connectivity index (χ0v) is 11.0. The Balaban J connectivity index is 2.03. The Kier molecular flexibility index (Phi) is 2.66. The van der Waals surface area contributed by atoms with E-state index < -0.39 is 5.97 Å². The number of aryl methyl sites for hydroxylation is 1. The molecule has 0 saturated carbocycles. The molecule has 1 atom stereocenters. The van der Waals surface area contributed by atoms with Crippen molar-refractivity contribution in [3.05, 3.63) is 23.9 Å². The molecule has 0 aliphatic heterocycles. The van der Waals surface area contributed by atoms with Crippen molar-refractivity contribution in [2.75, 3.05) is 0 Å². The molecule has 0 fully saturated rings. The zero-order chi connectivity index (χ0) is 13.6. The number of nitrogens with zero attached hydrogens (tertiary/aromatic N) is 4. The highest BCUT2D eigenvalue weighted by Crippen LogP contribution is 2.29. The van der Waals surface area contributed by atoms with Gasteiger partial charge in [0.2, 0.25) is 0 Å². The van der Waals surface area contributed by atoms with Gasteiger partial charge in [0.25, 0.3) is 0 Å². The van der Waals surface area contributed by atoms with E-state index in [1.54, 1.807) is 12.5 Å². The number of carboxylic acid groups (broad SMARTS) is 1. The molecule has 2 aromatic rings. The Bertz CT molecular complexity index is 641. The Morgan fingerprint density at radius 2 is 2.26 bits per heavy atom. The lowest BCUT2D eigenvalue weighted by Crippen LogP contribution is -2.22. The summed E-state index contributed by atoms with van der Waals surface area (Å²) in [5, 5.41) is 9.12. The minimum absolute atomic E-state index is 0.304. The lowest BCUT2D eigenvalue weighted by Gasteiger charge is -2.18. The Hall–Kier alpha value is -2.11. The van der Waals surface area contributed by atoms with Crippen molar-refractivity contribution in [2.24, 2.45) is 20.0 Å². The van der Waals surface area contributed by atoms with Crippen LogP contribution >= 0.6 is 0 Å². The smallest absolute Gasteiger partial charge is 0.306 e. The predicted octanol–water partition coefficient (Wildman–Crippen LogP) is 1.01. The molecular weight excluding hydrogens is 244 g/mol. The van der Waals surface area contributed by atoms with Crippen LogP contribution in [-0.2, 0) is 31.7 Å². The maximum absolute atomic E-state index is 11.1. The van der Waals surface area contributed by atoms with Crippen LogP contribution in [0.25, 0.3) is 11.5 Å². The SMILES string of the molecule is Cn1cncc1-c1nc2c(n1C)CCC(C(=O)O)C2. The van der Waals surface area contributed by atoms with E-state index in [1.807, 2.05) is 18.7 Å². The van der Waals surface area contributed by atoms with E-state index in [1.165, 1.54) is 0 Å². The molecule has 1 unspecified atom stereocenters. The first kappa shape index (κ1) is 12.0. The first-order chi connectivity index (χ1) is 9.08. The number of aromatic nitrogens is 4. The van der Waals surface area contributed by atoms with Crippen LogP contribution < -0.4 is 0 Å². The van der Waals surface area contributed by atoms with Crippen molar-refractivity contribution in [1.82, 2.24) is 19.1 Å². The van der Waals surface area contributed by atoms with Crippen molar-refractivity contribution < 1.29 is 9.90 Å². The molecule has 3 rings (SSSR count). The predicted molar refractivity (Wildman–Crippen MR) is 68.6 cm³/mol. The summed E-state index contributed by atoms with van der Waals surface area (Å²) in [6.07, 6.45) is 5.50. The fraction of sp³-hybridized carbons (Fsp3) is 0.462. The highest BCUT2D eigenvalue weighted by molar-refractivity contribution is 5.71. The number of carboxylic acids is 1. The second-order valence-corrected chi connectivity index (χ2v) is 5.06. The van der Waals surface area contributed by atoms with Crippen molar-refractivity contribution in [3.8, 4) is 11.5 Å². The fourth-order valence-corrected chi connectivity index (χ4v) is 2.72. The Labute approximate surface area is 110 Å². The topological polar surface area (TPSA) is 72.9 Å². The molecule has 2 aromatic heterocycles. The molecule has 1 aliphatic rings. The molecular formula is C13H16N4O2. The second kappa shape index (κ2) is 4.22. The monoisotopic (exact) mass is 260 g/mol. The standard InChI is InChI=1S/C13H16N4O2/c1-16-7-14-6-11(16)12-15-9-5-8(13(18)19)3-4-10(9)17(12)2/h6-8H,3-5H2,1-2H3,(H,18,19). The van der Waals surface area contributed by atoms with E-state index in [0.717, 1.165) is 29.3 Å². The summed E-state index contributed by atoms with van der Waals surface area (Å²) in [4.78, 5) is 19.8. The molecule has 6 nitrogen and oxygen atoms in total. The molecule has 100 valence electrons. The number of hydrogen-bond acceptors (Lipinski definition) is 3. The van der Waals surface area contributed by atoms with Crippen LogP contribution in [0.1, 0.15) is 17.8 Å². The third-order valence-corrected chi connectivity index (χ3v) is 3.86. The van der Waals surface area contributed by atoms with Gasteiger partial charge < -0.3 is 14.2 Å². The van der Waals surface area contributed by atoms with Crippen LogP contribution in [0.3, 0.4) is 0 Å². The molecule has 2 heterocycles. The Morgan fingerprint density at radius 1 is 1.47 bits per heavy atom. The number of imidazole rings is 2. The zero-order valence-electron chi connectivity index (χ0n) is 11.0. The molecule has 0 bridgehead atoms. The number of rotatable bonds is 2. The largest absolute Gasteiger partial charge is 0.481 e. The van der Waals surface area contributed by atoms with Crippen LogP contribution in [0.5, 0.6) is 0 Å². The molecule has 6 heteroatoms. The quantitative estimate of drug-likeness (QED) is 0.874. The van der Waals surface area contributed by atoms with E-state index in [9.17, 15) is 4.79 Å². The fourth-order valence-electron chi connectivity index (χ4n) is 2.72. The van der Waals surface area contributed by atoms with E-state index in [-0.39, 0.29) is 5.92 Å². The van der Waals surface area contributed by atoms with Gasteiger partial charge in [-0.2, -0.15) is 0 Å². The molecule has 19 heavy (non-hydrogen) atoms. The van der Waals surface area contributed by atoms with Gasteiger partial charge in [0.1, 0.15) is 5.69 Å². The van der Waals surface area contributed by atoms with Crippen LogP contribution in [0.2, 0.25) is 0 Å². The lowest BCUT2D eigenvalue weighted by molar-refractivity contribution is -0.142. The third kappa shape index (κ3) is 1.83. The van der Waals surface area contributed by atoms with Gasteiger partial charge in [-0.15, -0.1) is 0 Å². The summed E-state index contributed by atoms with van der Waals surface area (Å²) >= 11 is 0. The summed E-state index contributed by atoms with van der Waals surface area (Å²) in [5.41, 5.74) is 3.01. The minimum Gasteiger partial charge on any atom is -0.481 e. The van der Waals surface area contributed by atoms with Crippen LogP contribution in [-0.4, -0.2) is 30.2 Å². The summed E-state index contributed by atoms with van der Waals surface area (Å²) in [7, 11) is 3.91. The molecule has 1 aliphatic carbocycles. The van der Waals surface area contributed by atoms with Gasteiger partial charge in [-0.05, 0) is 12.8 Å². The maximum Gasteiger partial charge on any atom is 0.306 e. The molecule has 0 saturated heterocycles. The van der Waals surface area contributed by atoms with Crippen LogP contribution in [0.15, 0.2) is 12.5 Å². The number of hydrogen-bond donors (Lipinski definition) is 1. The summed E-state index contributed by atoms with van der Waals surface area (Å²) in [6.45, 7) is 0. The van der Waals surface area contributed by atoms with E-state index in [2.05, 4.69) is 14.5 Å². The van der Waals surface area contributed by atoms with Crippen molar-refractivity contribution in [1.29, 1.82) is 0 Å². The first-order valence-corrected chi connectivity index (χ1v) is 6.32. The van der Waals surface area contributed by atoms with Gasteiger partial charge in [0.15, 0.2) is 5.82 Å². The van der Waals surface area contributed by atoms with E-state index in [4.69, 9.17) is 5.11 Å². The molecule has 0 spiro atoms. The van der Waals surface area contributed by atoms with Gasteiger partial charge in [-0.1, -0.05) is 0 Å². The van der Waals surface area contributed by atoms with Gasteiger partial charge in [-0.3, -0.25) is 4.79 Å². The molecule has 1 N–H and O–H groups in total. The van der Waals surface area contributed by atoms with Crippen molar-refractivity contribution in [3.63, 3.8) is 0 Å². The summed E-state index contributed by atoms with van der Waals surface area (Å²) in [6, 6.07) is 0. The minimum atomic E-state index is -0.724. The second-order valence-electron chi connectivity index (χ2n) is 5.06. The summed E-state index contributed by atoms with van der Waals surface area (Å²) in [5.74, 6) is -0.170. The molecule has 0 aromatic carbocycles. The average Bonchev–Trinajstić information content (AvgIpc) is 2.93. The molecule has 0 radical (unpaired) electrons. The normalized spacial score (nSPS) is 18.3. The highest BCUT2D eigenvalue weighted by Gasteiger charge is 2.29. The van der Waals surface area contributed by atoms with Gasteiger partial charge in [-0.25, -0.2) is 9.97 Å². The average molecular weight is 260 g/mol. The first-order valence-electron chi connectivity index (χ1n) is 6.32. The highest BCUT2D eigenvalue weighted by atomic mass is 16.4. The van der Waals surface area contributed by atoms with Gasteiger partial charge in [0.05, 0.1) is 24.1 Å². The number of aliphatic carboxylic acids is 1. The summed E-state index contributed by atoms with van der Waals surface area (Å²) < 4.78 is 3.98. The van der Waals surface area contributed by atoms with Crippen LogP contribution in [0.4, 0.5) is 0 Å². The van der Waals surface area contributed by atoms with Gasteiger partial charge >= 0.3 is 5.97 Å².